The van der Waals surface area contributed by atoms with E-state index >= 15 is 0 Å². The Hall–Kier alpha value is -2.64. The molecule has 1 aromatic heterocycles. The Labute approximate surface area is 164 Å². The van der Waals surface area contributed by atoms with Crippen molar-refractivity contribution in [3.05, 3.63) is 87.7 Å². The molecular formula is C19H15ClFN3O2S. The van der Waals surface area contributed by atoms with Crippen LogP contribution in [0.4, 0.5) is 4.39 Å². The lowest BCUT2D eigenvalue weighted by Gasteiger charge is -2.08. The van der Waals surface area contributed by atoms with Crippen LogP contribution in [0.2, 0.25) is 5.02 Å². The summed E-state index contributed by atoms with van der Waals surface area (Å²) in [6, 6.07) is 13.5. The van der Waals surface area contributed by atoms with Crippen LogP contribution in [0.1, 0.15) is 5.56 Å². The van der Waals surface area contributed by atoms with Crippen molar-refractivity contribution in [2.24, 2.45) is 0 Å². The Morgan fingerprint density at radius 2 is 2.00 bits per heavy atom. The van der Waals surface area contributed by atoms with Gasteiger partial charge in [0.05, 0.1) is 16.5 Å². The van der Waals surface area contributed by atoms with Crippen molar-refractivity contribution in [3.8, 4) is 5.69 Å². The lowest BCUT2D eigenvalue weighted by Crippen LogP contribution is -2.26. The molecule has 0 aliphatic heterocycles. The lowest BCUT2D eigenvalue weighted by molar-refractivity contribution is -0.118. The van der Waals surface area contributed by atoms with Gasteiger partial charge in [0.2, 0.25) is 5.91 Å². The number of nitrogens with one attached hydrogen (secondary N) is 1. The number of hydrogen-bond donors (Lipinski definition) is 1. The molecule has 0 bridgehead atoms. The molecule has 8 heteroatoms. The van der Waals surface area contributed by atoms with Crippen LogP contribution < -0.4 is 10.9 Å². The molecule has 27 heavy (non-hydrogen) atoms. The van der Waals surface area contributed by atoms with E-state index in [1.807, 2.05) is 30.3 Å². The summed E-state index contributed by atoms with van der Waals surface area (Å²) in [4.78, 5) is 28.6. The van der Waals surface area contributed by atoms with Gasteiger partial charge in [-0.3, -0.25) is 14.2 Å². The predicted molar refractivity (Wildman–Crippen MR) is 104 cm³/mol. The molecule has 0 saturated heterocycles. The molecule has 0 radical (unpaired) electrons. The molecule has 0 saturated carbocycles. The normalized spacial score (nSPS) is 10.6. The molecule has 1 N–H and O–H groups in total. The van der Waals surface area contributed by atoms with Crippen LogP contribution in [0.15, 0.2) is 70.7 Å². The highest BCUT2D eigenvalue weighted by Crippen LogP contribution is 2.18. The summed E-state index contributed by atoms with van der Waals surface area (Å²) in [6.07, 6.45) is 2.91. The van der Waals surface area contributed by atoms with E-state index in [-0.39, 0.29) is 21.7 Å². The third kappa shape index (κ3) is 4.96. The Morgan fingerprint density at radius 3 is 2.74 bits per heavy atom. The average molecular weight is 404 g/mol. The number of hydrogen-bond acceptors (Lipinski definition) is 4. The Morgan fingerprint density at radius 1 is 1.22 bits per heavy atom. The highest BCUT2D eigenvalue weighted by molar-refractivity contribution is 7.99. The van der Waals surface area contributed by atoms with Gasteiger partial charge in [-0.15, -0.1) is 0 Å². The van der Waals surface area contributed by atoms with E-state index in [1.165, 1.54) is 35.2 Å². The van der Waals surface area contributed by atoms with Crippen LogP contribution in [-0.2, 0) is 11.3 Å². The van der Waals surface area contributed by atoms with Crippen LogP contribution in [0.3, 0.4) is 0 Å². The van der Waals surface area contributed by atoms with E-state index in [1.54, 1.807) is 0 Å². The minimum absolute atomic E-state index is 0.0588. The largest absolute Gasteiger partial charge is 0.351 e. The minimum Gasteiger partial charge on any atom is -0.351 e. The van der Waals surface area contributed by atoms with Gasteiger partial charge in [-0.1, -0.05) is 53.7 Å². The Balaban J connectivity index is 1.66. The van der Waals surface area contributed by atoms with Crippen molar-refractivity contribution < 1.29 is 9.18 Å². The van der Waals surface area contributed by atoms with Crippen molar-refractivity contribution in [1.82, 2.24) is 14.9 Å². The molecule has 5 nitrogen and oxygen atoms in total. The Kier molecular flexibility index (Phi) is 6.26. The molecule has 138 valence electrons. The van der Waals surface area contributed by atoms with Crippen LogP contribution in [-0.4, -0.2) is 21.2 Å². The molecule has 0 fully saturated rings. The summed E-state index contributed by atoms with van der Waals surface area (Å²) in [7, 11) is 0. The first-order valence-electron chi connectivity index (χ1n) is 8.01. The van der Waals surface area contributed by atoms with Crippen molar-refractivity contribution in [2.45, 2.75) is 11.6 Å². The SMILES string of the molecule is O=C(CSc1nccn(-c2ccc(F)c(Cl)c2)c1=O)NCc1ccccc1. The summed E-state index contributed by atoms with van der Waals surface area (Å²) in [5, 5.41) is 2.89. The van der Waals surface area contributed by atoms with Gasteiger partial charge in [-0.2, -0.15) is 0 Å². The maximum atomic E-state index is 13.3. The highest BCUT2D eigenvalue weighted by Gasteiger charge is 2.11. The maximum absolute atomic E-state index is 13.3. The smallest absolute Gasteiger partial charge is 0.287 e. The number of amides is 1. The van der Waals surface area contributed by atoms with E-state index in [4.69, 9.17) is 11.6 Å². The predicted octanol–water partition coefficient (Wildman–Crippen LogP) is 3.43. The number of halogens is 2. The van der Waals surface area contributed by atoms with Crippen LogP contribution in [0.25, 0.3) is 5.69 Å². The number of nitrogens with zero attached hydrogens (tertiary/aromatic N) is 2. The summed E-state index contributed by atoms with van der Waals surface area (Å²) in [6.45, 7) is 0.417. The van der Waals surface area contributed by atoms with E-state index in [9.17, 15) is 14.0 Å². The van der Waals surface area contributed by atoms with Gasteiger partial charge < -0.3 is 5.32 Å². The van der Waals surface area contributed by atoms with E-state index in [0.717, 1.165) is 17.3 Å². The average Bonchev–Trinajstić information content (AvgIpc) is 2.68. The van der Waals surface area contributed by atoms with Crippen molar-refractivity contribution in [3.63, 3.8) is 0 Å². The first-order chi connectivity index (χ1) is 13.0. The number of rotatable bonds is 6. The Bertz CT molecular complexity index is 1010. The molecule has 2 aromatic carbocycles. The van der Waals surface area contributed by atoms with Crippen LogP contribution in [0.5, 0.6) is 0 Å². The molecule has 1 heterocycles. The van der Waals surface area contributed by atoms with E-state index in [0.29, 0.717) is 12.2 Å². The molecule has 0 atom stereocenters. The van der Waals surface area contributed by atoms with Gasteiger partial charge in [-0.25, -0.2) is 9.37 Å². The first-order valence-corrected chi connectivity index (χ1v) is 9.37. The fourth-order valence-electron chi connectivity index (χ4n) is 2.31. The number of benzene rings is 2. The monoisotopic (exact) mass is 403 g/mol. The minimum atomic E-state index is -0.563. The lowest BCUT2D eigenvalue weighted by atomic mass is 10.2. The second-order valence-electron chi connectivity index (χ2n) is 5.56. The maximum Gasteiger partial charge on any atom is 0.287 e. The number of carbonyl (C=O) groups is 1. The van der Waals surface area contributed by atoms with Crippen molar-refractivity contribution in [2.75, 3.05) is 5.75 Å². The number of carbonyl (C=O) groups excluding carboxylic acids is 1. The number of aromatic nitrogens is 2. The zero-order valence-electron chi connectivity index (χ0n) is 14.1. The fraction of sp³-hybridized carbons (Fsp3) is 0.105. The van der Waals surface area contributed by atoms with Crippen LogP contribution >= 0.6 is 23.4 Å². The zero-order chi connectivity index (χ0) is 19.2. The quantitative estimate of drug-likeness (QED) is 0.640. The first kappa shape index (κ1) is 19.1. The molecule has 0 spiro atoms. The summed E-state index contributed by atoms with van der Waals surface area (Å²) in [5.74, 6) is -0.707. The third-order valence-electron chi connectivity index (χ3n) is 3.66. The summed E-state index contributed by atoms with van der Waals surface area (Å²) < 4.78 is 14.6. The molecule has 1 amide bonds. The fourth-order valence-corrected chi connectivity index (χ4v) is 3.21. The third-order valence-corrected chi connectivity index (χ3v) is 4.91. The van der Waals surface area contributed by atoms with Gasteiger partial charge in [0, 0.05) is 18.9 Å². The topological polar surface area (TPSA) is 64.0 Å². The molecule has 0 aliphatic carbocycles. The molecular weight excluding hydrogens is 389 g/mol. The van der Waals surface area contributed by atoms with Gasteiger partial charge in [0.1, 0.15) is 5.82 Å². The molecule has 3 aromatic rings. The molecule has 0 unspecified atom stereocenters. The van der Waals surface area contributed by atoms with Gasteiger partial charge >= 0.3 is 0 Å². The molecule has 0 aliphatic rings. The second-order valence-corrected chi connectivity index (χ2v) is 6.93. The summed E-state index contributed by atoms with van der Waals surface area (Å²) >= 11 is 6.82. The standard InChI is InChI=1S/C19H15ClFN3O2S/c20-15-10-14(6-7-16(15)21)24-9-8-22-18(19(24)26)27-12-17(25)23-11-13-4-2-1-3-5-13/h1-10H,11-12H2,(H,23,25). The molecule has 3 rings (SSSR count). The zero-order valence-corrected chi connectivity index (χ0v) is 15.6. The number of thioether (sulfide) groups is 1. The van der Waals surface area contributed by atoms with Gasteiger partial charge in [0.25, 0.3) is 5.56 Å². The van der Waals surface area contributed by atoms with Gasteiger partial charge in [-0.05, 0) is 23.8 Å². The van der Waals surface area contributed by atoms with Crippen LogP contribution in [0, 0.1) is 5.82 Å². The second kappa shape index (κ2) is 8.83. The van der Waals surface area contributed by atoms with E-state index < -0.39 is 11.4 Å². The van der Waals surface area contributed by atoms with E-state index in [2.05, 4.69) is 10.3 Å². The van der Waals surface area contributed by atoms with Crippen molar-refractivity contribution >= 4 is 29.3 Å². The highest BCUT2D eigenvalue weighted by atomic mass is 35.5. The van der Waals surface area contributed by atoms with Gasteiger partial charge in [0.15, 0.2) is 5.03 Å². The summed E-state index contributed by atoms with van der Waals surface area (Å²) in [5.41, 5.74) is 1.01. The van der Waals surface area contributed by atoms with Crippen molar-refractivity contribution in [1.29, 1.82) is 0 Å².